The fourth-order valence-electron chi connectivity index (χ4n) is 2.85. The molecule has 1 saturated heterocycles. The maximum absolute atomic E-state index is 12.7. The van der Waals surface area contributed by atoms with Crippen LogP contribution in [0.5, 0.6) is 0 Å². The number of hydrogen-bond acceptors (Lipinski definition) is 8. The second-order valence-corrected chi connectivity index (χ2v) is 9.60. The van der Waals surface area contributed by atoms with Crippen LogP contribution < -0.4 is 5.32 Å². The summed E-state index contributed by atoms with van der Waals surface area (Å²) < 4.78 is 33.7. The fourth-order valence-corrected chi connectivity index (χ4v) is 5.76. The van der Waals surface area contributed by atoms with Gasteiger partial charge in [0.1, 0.15) is 10.5 Å². The van der Waals surface area contributed by atoms with Crippen molar-refractivity contribution in [3.05, 3.63) is 47.6 Å². The summed E-state index contributed by atoms with van der Waals surface area (Å²) in [5.41, 5.74) is 1.40. The van der Waals surface area contributed by atoms with Crippen molar-refractivity contribution in [3.63, 3.8) is 0 Å². The molecule has 0 bridgehead atoms. The quantitative estimate of drug-likeness (QED) is 0.613. The molecule has 0 atom stereocenters. The lowest BCUT2D eigenvalue weighted by atomic mass is 10.2. The summed E-state index contributed by atoms with van der Waals surface area (Å²) in [5, 5.41) is 13.8. The molecule has 1 aliphatic rings. The average Bonchev–Trinajstić information content (AvgIpc) is 3.42. The Balaban J connectivity index is 1.38. The molecule has 0 radical (unpaired) electrons. The monoisotopic (exact) mass is 434 g/mol. The smallest absolute Gasteiger partial charge is 0.252 e. The minimum atomic E-state index is -3.54. The Morgan fingerprint density at radius 2 is 1.90 bits per heavy atom. The van der Waals surface area contributed by atoms with Gasteiger partial charge in [0, 0.05) is 23.7 Å². The summed E-state index contributed by atoms with van der Waals surface area (Å²) in [7, 11) is -3.54. The van der Waals surface area contributed by atoms with Crippen molar-refractivity contribution in [2.24, 2.45) is 0 Å². The van der Waals surface area contributed by atoms with E-state index in [0.717, 1.165) is 17.0 Å². The normalized spacial score (nSPS) is 15.3. The Kier molecular flexibility index (Phi) is 5.67. The van der Waals surface area contributed by atoms with Crippen molar-refractivity contribution >= 4 is 33.0 Å². The van der Waals surface area contributed by atoms with Crippen LogP contribution in [0.2, 0.25) is 0 Å². The first-order valence-corrected chi connectivity index (χ1v) is 11.1. The van der Waals surface area contributed by atoms with Crippen LogP contribution in [0.4, 0.5) is 5.69 Å². The number of carbonyl (C=O) groups is 1. The van der Waals surface area contributed by atoms with Crippen LogP contribution >= 0.6 is 11.3 Å². The lowest BCUT2D eigenvalue weighted by molar-refractivity contribution is -0.115. The second kappa shape index (κ2) is 8.37. The minimum Gasteiger partial charge on any atom is -0.379 e. The van der Waals surface area contributed by atoms with Crippen molar-refractivity contribution in [1.82, 2.24) is 24.5 Å². The number of thiophene rings is 1. The Bertz CT molecular complexity index is 1070. The van der Waals surface area contributed by atoms with Gasteiger partial charge in [0.2, 0.25) is 5.91 Å². The molecule has 1 amide bonds. The number of aromatic nitrogens is 4. The van der Waals surface area contributed by atoms with Crippen molar-refractivity contribution in [3.8, 4) is 5.69 Å². The van der Waals surface area contributed by atoms with Gasteiger partial charge in [-0.05, 0) is 46.8 Å². The molecule has 2 aromatic heterocycles. The third kappa shape index (κ3) is 4.50. The standard InChI is InChI=1S/C17H18N6O4S2/c24-16(19-13-1-3-14(4-2-13)23-12-18-20-21-23)11-15-5-6-17(28-15)29(25,26)22-7-9-27-10-8-22/h1-6,12H,7-11H2,(H,19,24). The number of benzene rings is 1. The van der Waals surface area contributed by atoms with E-state index >= 15 is 0 Å². The number of anilines is 1. The van der Waals surface area contributed by atoms with E-state index in [0.29, 0.717) is 36.9 Å². The molecular weight excluding hydrogens is 416 g/mol. The van der Waals surface area contributed by atoms with Gasteiger partial charge in [-0.3, -0.25) is 4.79 Å². The number of carbonyl (C=O) groups excluding carboxylic acids is 1. The number of ether oxygens (including phenoxy) is 1. The van der Waals surface area contributed by atoms with E-state index < -0.39 is 10.0 Å². The summed E-state index contributed by atoms with van der Waals surface area (Å²) in [4.78, 5) is 13.0. The molecule has 0 unspecified atom stereocenters. The summed E-state index contributed by atoms with van der Waals surface area (Å²) >= 11 is 1.12. The highest BCUT2D eigenvalue weighted by molar-refractivity contribution is 7.91. The van der Waals surface area contributed by atoms with Crippen LogP contribution in [0.25, 0.3) is 5.69 Å². The van der Waals surface area contributed by atoms with Gasteiger partial charge in [-0.2, -0.15) is 4.31 Å². The van der Waals surface area contributed by atoms with Gasteiger partial charge in [-0.1, -0.05) is 0 Å². The molecule has 0 aliphatic carbocycles. The maximum Gasteiger partial charge on any atom is 0.252 e. The first kappa shape index (κ1) is 19.6. The molecule has 0 saturated carbocycles. The van der Waals surface area contributed by atoms with Gasteiger partial charge in [0.15, 0.2) is 0 Å². The number of tetrazole rings is 1. The second-order valence-electron chi connectivity index (χ2n) is 6.26. The molecule has 29 heavy (non-hydrogen) atoms. The number of nitrogens with one attached hydrogen (secondary N) is 1. The van der Waals surface area contributed by atoms with Gasteiger partial charge < -0.3 is 10.1 Å². The molecule has 1 N–H and O–H groups in total. The molecule has 0 spiro atoms. The molecule has 12 heteroatoms. The van der Waals surface area contributed by atoms with E-state index in [9.17, 15) is 13.2 Å². The molecule has 1 aliphatic heterocycles. The molecule has 4 rings (SSSR count). The van der Waals surface area contributed by atoms with Crippen molar-refractivity contribution in [2.75, 3.05) is 31.6 Å². The van der Waals surface area contributed by atoms with Crippen LogP contribution in [0.1, 0.15) is 4.88 Å². The third-order valence-electron chi connectivity index (χ3n) is 4.30. The Labute approximate surface area is 171 Å². The van der Waals surface area contributed by atoms with Gasteiger partial charge in [-0.15, -0.1) is 16.4 Å². The largest absolute Gasteiger partial charge is 0.379 e. The number of morpholine rings is 1. The predicted molar refractivity (Wildman–Crippen MR) is 105 cm³/mol. The molecule has 3 aromatic rings. The van der Waals surface area contributed by atoms with E-state index in [1.54, 1.807) is 36.4 Å². The SMILES string of the molecule is O=C(Cc1ccc(S(=O)(=O)N2CCOCC2)s1)Nc1ccc(-n2cnnn2)cc1. The predicted octanol–water partition coefficient (Wildman–Crippen LogP) is 0.926. The molecule has 1 aromatic carbocycles. The first-order chi connectivity index (χ1) is 14.0. The number of sulfonamides is 1. The van der Waals surface area contributed by atoms with E-state index in [1.165, 1.54) is 15.3 Å². The summed E-state index contributed by atoms with van der Waals surface area (Å²) in [5.74, 6) is -0.225. The molecule has 10 nitrogen and oxygen atoms in total. The highest BCUT2D eigenvalue weighted by Gasteiger charge is 2.27. The molecule has 1 fully saturated rings. The van der Waals surface area contributed by atoms with E-state index in [-0.39, 0.29) is 16.5 Å². The molecule has 3 heterocycles. The Hall–Kier alpha value is -2.67. The van der Waals surface area contributed by atoms with Gasteiger partial charge in [-0.25, -0.2) is 13.1 Å². The Morgan fingerprint density at radius 1 is 1.14 bits per heavy atom. The number of hydrogen-bond donors (Lipinski definition) is 1. The molecule has 152 valence electrons. The zero-order valence-corrected chi connectivity index (χ0v) is 16.9. The van der Waals surface area contributed by atoms with Crippen LogP contribution in [-0.4, -0.2) is 65.1 Å². The first-order valence-electron chi connectivity index (χ1n) is 8.82. The van der Waals surface area contributed by atoms with Gasteiger partial charge in [0.25, 0.3) is 10.0 Å². The van der Waals surface area contributed by atoms with E-state index in [2.05, 4.69) is 20.8 Å². The summed E-state index contributed by atoms with van der Waals surface area (Å²) in [6.07, 6.45) is 1.57. The topological polar surface area (TPSA) is 119 Å². The van der Waals surface area contributed by atoms with Crippen LogP contribution in [0.3, 0.4) is 0 Å². The van der Waals surface area contributed by atoms with Crippen molar-refractivity contribution in [1.29, 1.82) is 0 Å². The number of amides is 1. The van der Waals surface area contributed by atoms with Crippen LogP contribution in [0.15, 0.2) is 46.9 Å². The Morgan fingerprint density at radius 3 is 2.59 bits per heavy atom. The number of nitrogens with zero attached hydrogens (tertiary/aromatic N) is 5. The zero-order chi connectivity index (χ0) is 20.3. The van der Waals surface area contributed by atoms with E-state index in [1.807, 2.05) is 0 Å². The summed E-state index contributed by atoms with van der Waals surface area (Å²) in [6.45, 7) is 1.48. The van der Waals surface area contributed by atoms with Gasteiger partial charge in [0.05, 0.1) is 25.3 Å². The van der Waals surface area contributed by atoms with Crippen molar-refractivity contribution < 1.29 is 17.9 Å². The number of rotatable bonds is 6. The van der Waals surface area contributed by atoms with Crippen molar-refractivity contribution in [2.45, 2.75) is 10.6 Å². The third-order valence-corrected chi connectivity index (χ3v) is 7.75. The van der Waals surface area contributed by atoms with Gasteiger partial charge >= 0.3 is 0 Å². The lowest BCUT2D eigenvalue weighted by Crippen LogP contribution is -2.40. The highest BCUT2D eigenvalue weighted by atomic mass is 32.2. The maximum atomic E-state index is 12.7. The van der Waals surface area contributed by atoms with Crippen LogP contribution in [-0.2, 0) is 26.0 Å². The lowest BCUT2D eigenvalue weighted by Gasteiger charge is -2.25. The zero-order valence-electron chi connectivity index (χ0n) is 15.3. The minimum absolute atomic E-state index is 0.0953. The average molecular weight is 435 g/mol. The van der Waals surface area contributed by atoms with Crippen LogP contribution in [0, 0.1) is 0 Å². The van der Waals surface area contributed by atoms with E-state index in [4.69, 9.17) is 4.74 Å². The fraction of sp³-hybridized carbons (Fsp3) is 0.294. The summed E-state index contributed by atoms with van der Waals surface area (Å²) in [6, 6.07) is 10.3. The highest BCUT2D eigenvalue weighted by Crippen LogP contribution is 2.26. The molecular formula is C17H18N6O4S2.